The van der Waals surface area contributed by atoms with Crippen molar-refractivity contribution in [2.45, 2.75) is 13.3 Å². The molecule has 0 fully saturated rings. The molecule has 6 nitrogen and oxygen atoms in total. The number of nitrogens with zero attached hydrogens (tertiary/aromatic N) is 2. The molecule has 0 amide bonds. The van der Waals surface area contributed by atoms with Crippen LogP contribution in [0.5, 0.6) is 5.75 Å². The van der Waals surface area contributed by atoms with E-state index < -0.39 is 10.9 Å². The fourth-order valence-corrected chi connectivity index (χ4v) is 0.744. The molecule has 0 atom stereocenters. The van der Waals surface area contributed by atoms with Crippen molar-refractivity contribution in [3.8, 4) is 5.75 Å². The summed E-state index contributed by atoms with van der Waals surface area (Å²) in [7, 11) is 0. The number of hydrogen-bond donors (Lipinski definition) is 0. The third-order valence-corrected chi connectivity index (χ3v) is 1.43. The van der Waals surface area contributed by atoms with Crippen LogP contribution < -0.4 is 4.74 Å². The molecule has 0 spiro atoms. The van der Waals surface area contributed by atoms with Gasteiger partial charge in [0, 0.05) is 12.5 Å². The van der Waals surface area contributed by atoms with Gasteiger partial charge in [0.1, 0.15) is 0 Å². The monoisotopic (exact) mass is 196 g/mol. The molecule has 0 aliphatic heterocycles. The standard InChI is InChI=1S/C8H8N2O4/c1-2-8(11)14-6-3-4-7(9-5-6)10(12)13/h3-5H,2H2,1H3. The lowest BCUT2D eigenvalue weighted by molar-refractivity contribution is -0.389. The number of rotatable bonds is 3. The fourth-order valence-electron chi connectivity index (χ4n) is 0.744. The molecule has 0 unspecified atom stereocenters. The molecule has 0 saturated heterocycles. The van der Waals surface area contributed by atoms with E-state index in [1.807, 2.05) is 0 Å². The van der Waals surface area contributed by atoms with Crippen molar-refractivity contribution in [3.63, 3.8) is 0 Å². The number of esters is 1. The Hall–Kier alpha value is -1.98. The van der Waals surface area contributed by atoms with E-state index in [1.165, 1.54) is 12.1 Å². The number of carbonyl (C=O) groups excluding carboxylic acids is 1. The molecule has 0 aliphatic rings. The SMILES string of the molecule is CCC(=O)Oc1ccc([N+](=O)[O-])nc1. The molecule has 14 heavy (non-hydrogen) atoms. The molecule has 1 heterocycles. The maximum Gasteiger partial charge on any atom is 0.363 e. The maximum atomic E-state index is 10.8. The van der Waals surface area contributed by atoms with Crippen LogP contribution in [0, 0.1) is 10.1 Å². The number of nitro groups is 1. The Bertz CT molecular complexity index is 347. The number of pyridine rings is 1. The highest BCUT2D eigenvalue weighted by atomic mass is 16.6. The van der Waals surface area contributed by atoms with Gasteiger partial charge in [-0.2, -0.15) is 0 Å². The Morgan fingerprint density at radius 3 is 2.79 bits per heavy atom. The van der Waals surface area contributed by atoms with Crippen LogP contribution in [0.25, 0.3) is 0 Å². The van der Waals surface area contributed by atoms with Crippen LogP contribution >= 0.6 is 0 Å². The molecule has 1 rings (SSSR count). The van der Waals surface area contributed by atoms with Crippen molar-refractivity contribution in [1.29, 1.82) is 0 Å². The third kappa shape index (κ3) is 2.51. The molecule has 6 heteroatoms. The maximum absolute atomic E-state index is 10.8. The fraction of sp³-hybridized carbons (Fsp3) is 0.250. The van der Waals surface area contributed by atoms with Crippen molar-refractivity contribution >= 4 is 11.8 Å². The zero-order valence-corrected chi connectivity index (χ0v) is 7.47. The van der Waals surface area contributed by atoms with Crippen molar-refractivity contribution in [3.05, 3.63) is 28.4 Å². The van der Waals surface area contributed by atoms with E-state index in [-0.39, 0.29) is 18.0 Å². The van der Waals surface area contributed by atoms with Gasteiger partial charge < -0.3 is 14.9 Å². The smallest absolute Gasteiger partial charge is 0.363 e. The summed E-state index contributed by atoms with van der Waals surface area (Å²) in [5, 5.41) is 10.2. The van der Waals surface area contributed by atoms with E-state index in [4.69, 9.17) is 4.74 Å². The molecule has 0 saturated carbocycles. The molecular weight excluding hydrogens is 188 g/mol. The molecule has 0 radical (unpaired) electrons. The van der Waals surface area contributed by atoms with Gasteiger partial charge in [-0.15, -0.1) is 0 Å². The van der Waals surface area contributed by atoms with E-state index in [9.17, 15) is 14.9 Å². The molecule has 0 aliphatic carbocycles. The van der Waals surface area contributed by atoms with E-state index in [0.717, 1.165) is 6.20 Å². The second-order valence-electron chi connectivity index (χ2n) is 2.44. The summed E-state index contributed by atoms with van der Waals surface area (Å²) < 4.78 is 4.77. The normalized spacial score (nSPS) is 9.50. The number of ether oxygens (including phenoxy) is 1. The minimum Gasteiger partial charge on any atom is -0.422 e. The predicted molar refractivity (Wildman–Crippen MR) is 46.8 cm³/mol. The lowest BCUT2D eigenvalue weighted by Gasteiger charge is -1.98. The summed E-state index contributed by atoms with van der Waals surface area (Å²) in [5.41, 5.74) is 0. The molecule has 74 valence electrons. The van der Waals surface area contributed by atoms with Crippen molar-refractivity contribution in [2.75, 3.05) is 0 Å². The Morgan fingerprint density at radius 2 is 2.36 bits per heavy atom. The van der Waals surface area contributed by atoms with E-state index >= 15 is 0 Å². The summed E-state index contributed by atoms with van der Waals surface area (Å²) in [4.78, 5) is 23.9. The van der Waals surface area contributed by atoms with Gasteiger partial charge in [-0.25, -0.2) is 0 Å². The van der Waals surface area contributed by atoms with Gasteiger partial charge in [-0.1, -0.05) is 6.92 Å². The zero-order chi connectivity index (χ0) is 10.6. The topological polar surface area (TPSA) is 82.3 Å². The second kappa shape index (κ2) is 4.31. The molecule has 1 aromatic heterocycles. The van der Waals surface area contributed by atoms with Gasteiger partial charge in [0.05, 0.1) is 0 Å². The van der Waals surface area contributed by atoms with Crippen LogP contribution in [0.2, 0.25) is 0 Å². The first-order valence-electron chi connectivity index (χ1n) is 3.94. The predicted octanol–water partition coefficient (Wildman–Crippen LogP) is 1.31. The van der Waals surface area contributed by atoms with Crippen molar-refractivity contribution in [2.24, 2.45) is 0 Å². The summed E-state index contributed by atoms with van der Waals surface area (Å²) in [6, 6.07) is 2.51. The Balaban J connectivity index is 2.73. The number of carbonyl (C=O) groups is 1. The van der Waals surface area contributed by atoms with Gasteiger partial charge in [-0.05, 0) is 16.0 Å². The van der Waals surface area contributed by atoms with Crippen LogP contribution in [-0.4, -0.2) is 15.9 Å². The highest BCUT2D eigenvalue weighted by Crippen LogP contribution is 2.13. The summed E-state index contributed by atoms with van der Waals surface area (Å²) in [6.45, 7) is 1.65. The second-order valence-corrected chi connectivity index (χ2v) is 2.44. The van der Waals surface area contributed by atoms with Gasteiger partial charge in [-0.3, -0.25) is 4.79 Å². The average molecular weight is 196 g/mol. The van der Waals surface area contributed by atoms with E-state index in [2.05, 4.69) is 4.98 Å². The van der Waals surface area contributed by atoms with Gasteiger partial charge in [0.25, 0.3) is 0 Å². The number of hydrogen-bond acceptors (Lipinski definition) is 5. The van der Waals surface area contributed by atoms with Gasteiger partial charge in [0.2, 0.25) is 0 Å². The molecule has 0 N–H and O–H groups in total. The molecule has 1 aromatic rings. The Labute approximate surface area is 79.7 Å². The lowest BCUT2D eigenvalue weighted by atomic mass is 10.4. The Morgan fingerprint density at radius 1 is 1.64 bits per heavy atom. The minimum atomic E-state index is -0.620. The third-order valence-electron chi connectivity index (χ3n) is 1.43. The summed E-state index contributed by atoms with van der Waals surface area (Å²) in [5.74, 6) is -0.468. The first-order valence-corrected chi connectivity index (χ1v) is 3.94. The Kier molecular flexibility index (Phi) is 3.11. The summed E-state index contributed by atoms with van der Waals surface area (Å²) >= 11 is 0. The van der Waals surface area contributed by atoms with Gasteiger partial charge >= 0.3 is 11.8 Å². The minimum absolute atomic E-state index is 0.211. The van der Waals surface area contributed by atoms with Crippen LogP contribution in [-0.2, 0) is 4.79 Å². The first kappa shape index (κ1) is 10.1. The highest BCUT2D eigenvalue weighted by Gasteiger charge is 2.08. The quantitative estimate of drug-likeness (QED) is 0.413. The lowest BCUT2D eigenvalue weighted by Crippen LogP contribution is -2.05. The van der Waals surface area contributed by atoms with Crippen LogP contribution in [0.3, 0.4) is 0 Å². The number of aromatic nitrogens is 1. The average Bonchev–Trinajstić information content (AvgIpc) is 2.18. The van der Waals surface area contributed by atoms with Crippen LogP contribution in [0.4, 0.5) is 5.82 Å². The highest BCUT2D eigenvalue weighted by molar-refractivity contribution is 5.71. The molecule has 0 aromatic carbocycles. The largest absolute Gasteiger partial charge is 0.422 e. The van der Waals surface area contributed by atoms with E-state index in [0.29, 0.717) is 0 Å². The van der Waals surface area contributed by atoms with E-state index in [1.54, 1.807) is 6.92 Å². The van der Waals surface area contributed by atoms with Crippen molar-refractivity contribution in [1.82, 2.24) is 4.98 Å². The van der Waals surface area contributed by atoms with Crippen molar-refractivity contribution < 1.29 is 14.5 Å². The summed E-state index contributed by atoms with van der Waals surface area (Å²) in [6.07, 6.45) is 1.39. The molecular formula is C8H8N2O4. The molecule has 0 bridgehead atoms. The van der Waals surface area contributed by atoms with Gasteiger partial charge in [0.15, 0.2) is 11.9 Å². The zero-order valence-electron chi connectivity index (χ0n) is 7.47. The van der Waals surface area contributed by atoms with Crippen LogP contribution in [0.15, 0.2) is 18.3 Å². The first-order chi connectivity index (χ1) is 6.63. The van der Waals surface area contributed by atoms with Crippen LogP contribution in [0.1, 0.15) is 13.3 Å².